The summed E-state index contributed by atoms with van der Waals surface area (Å²) in [4.78, 5) is 13.9. The van der Waals surface area contributed by atoms with Crippen LogP contribution in [-0.2, 0) is 11.3 Å². The van der Waals surface area contributed by atoms with Crippen LogP contribution in [0.25, 0.3) is 0 Å². The first-order valence-corrected chi connectivity index (χ1v) is 9.51. The van der Waals surface area contributed by atoms with E-state index in [-0.39, 0.29) is 18.5 Å². The summed E-state index contributed by atoms with van der Waals surface area (Å²) in [6.07, 6.45) is 1.55. The van der Waals surface area contributed by atoms with Crippen LogP contribution in [0.4, 0.5) is 9.18 Å². The average Bonchev–Trinajstić information content (AvgIpc) is 3.05. The number of nitrogens with zero attached hydrogens (tertiary/aromatic N) is 1. The van der Waals surface area contributed by atoms with Gasteiger partial charge < -0.3 is 24.8 Å². The SMILES string of the molecule is COCC1(C)CC[C@H](c2ccc(OCc3ccccc3F)c(OC)c2)N1C(N)=O. The van der Waals surface area contributed by atoms with Crippen molar-refractivity contribution in [3.05, 3.63) is 59.4 Å². The molecule has 1 saturated heterocycles. The molecular weight excluding hydrogens is 375 g/mol. The molecule has 1 fully saturated rings. The van der Waals surface area contributed by atoms with Crippen molar-refractivity contribution in [3.8, 4) is 11.5 Å². The minimum Gasteiger partial charge on any atom is -0.493 e. The van der Waals surface area contributed by atoms with E-state index in [1.165, 1.54) is 6.07 Å². The summed E-state index contributed by atoms with van der Waals surface area (Å²) in [5.74, 6) is 0.704. The molecule has 0 aromatic heterocycles. The summed E-state index contributed by atoms with van der Waals surface area (Å²) in [6.45, 7) is 2.48. The molecule has 6 nitrogen and oxygen atoms in total. The summed E-state index contributed by atoms with van der Waals surface area (Å²) in [5, 5.41) is 0. The molecule has 0 saturated carbocycles. The standard InChI is InChI=1S/C22H27FN2O4/c1-22(14-27-2)11-10-18(25(22)21(24)26)15-8-9-19(20(12-15)28-3)29-13-16-6-4-5-7-17(16)23/h4-9,12,18H,10-11,13-14H2,1-3H3,(H2,24,26)/t18-,22?/m1/s1. The second-order valence-corrected chi connectivity index (χ2v) is 7.48. The first kappa shape index (κ1) is 20.9. The summed E-state index contributed by atoms with van der Waals surface area (Å²) < 4.78 is 30.4. The van der Waals surface area contributed by atoms with Gasteiger partial charge in [0, 0.05) is 12.7 Å². The van der Waals surface area contributed by atoms with E-state index in [2.05, 4.69) is 0 Å². The number of methoxy groups -OCH3 is 2. The topological polar surface area (TPSA) is 74.0 Å². The zero-order valence-electron chi connectivity index (χ0n) is 17.0. The summed E-state index contributed by atoms with van der Waals surface area (Å²) >= 11 is 0. The molecule has 0 radical (unpaired) electrons. The summed E-state index contributed by atoms with van der Waals surface area (Å²) in [7, 11) is 3.16. The third-order valence-electron chi connectivity index (χ3n) is 5.46. The molecule has 3 rings (SSSR count). The first-order chi connectivity index (χ1) is 13.9. The van der Waals surface area contributed by atoms with Gasteiger partial charge in [-0.25, -0.2) is 9.18 Å². The maximum absolute atomic E-state index is 13.8. The second kappa shape index (κ2) is 8.69. The predicted octanol–water partition coefficient (Wildman–Crippen LogP) is 4.03. The number of carbonyl (C=O) groups excluding carboxylic acids is 1. The van der Waals surface area contributed by atoms with Gasteiger partial charge in [-0.15, -0.1) is 0 Å². The van der Waals surface area contributed by atoms with Crippen LogP contribution in [0.3, 0.4) is 0 Å². The lowest BCUT2D eigenvalue weighted by atomic mass is 10.0. The number of hydrogen-bond acceptors (Lipinski definition) is 4. The zero-order valence-corrected chi connectivity index (χ0v) is 17.0. The zero-order chi connectivity index (χ0) is 21.0. The van der Waals surface area contributed by atoms with Crippen LogP contribution in [0.5, 0.6) is 11.5 Å². The van der Waals surface area contributed by atoms with Crippen molar-refractivity contribution in [2.75, 3.05) is 20.8 Å². The third kappa shape index (κ3) is 4.29. The molecule has 29 heavy (non-hydrogen) atoms. The van der Waals surface area contributed by atoms with E-state index >= 15 is 0 Å². The largest absolute Gasteiger partial charge is 0.493 e. The lowest BCUT2D eigenvalue weighted by Crippen LogP contribution is -2.51. The summed E-state index contributed by atoms with van der Waals surface area (Å²) in [5.41, 5.74) is 6.60. The van der Waals surface area contributed by atoms with Crippen molar-refractivity contribution < 1.29 is 23.4 Å². The van der Waals surface area contributed by atoms with Crippen LogP contribution >= 0.6 is 0 Å². The van der Waals surface area contributed by atoms with Crippen LogP contribution in [0.15, 0.2) is 42.5 Å². The van der Waals surface area contributed by atoms with Gasteiger partial charge in [0.1, 0.15) is 12.4 Å². The number of benzene rings is 2. The Hall–Kier alpha value is -2.80. The van der Waals surface area contributed by atoms with Crippen molar-refractivity contribution in [2.24, 2.45) is 5.73 Å². The molecule has 2 amide bonds. The Labute approximate surface area is 170 Å². The van der Waals surface area contributed by atoms with Crippen molar-refractivity contribution in [1.29, 1.82) is 0 Å². The van der Waals surface area contributed by atoms with Crippen LogP contribution in [0.2, 0.25) is 0 Å². The molecule has 0 bridgehead atoms. The highest BCUT2D eigenvalue weighted by Crippen LogP contribution is 2.44. The maximum atomic E-state index is 13.8. The minimum absolute atomic E-state index is 0.0884. The molecule has 0 spiro atoms. The number of amides is 2. The molecule has 1 aliphatic heterocycles. The number of rotatable bonds is 7. The minimum atomic E-state index is -0.481. The van der Waals surface area contributed by atoms with Gasteiger partial charge >= 0.3 is 6.03 Å². The molecule has 0 aliphatic carbocycles. The molecule has 1 aliphatic rings. The van der Waals surface area contributed by atoms with Crippen molar-refractivity contribution in [1.82, 2.24) is 4.90 Å². The lowest BCUT2D eigenvalue weighted by Gasteiger charge is -2.37. The Morgan fingerprint density at radius 1 is 1.24 bits per heavy atom. The number of ether oxygens (including phenoxy) is 3. The number of halogens is 1. The van der Waals surface area contributed by atoms with Crippen molar-refractivity contribution in [2.45, 2.75) is 38.0 Å². The van der Waals surface area contributed by atoms with Gasteiger partial charge in [-0.05, 0) is 43.5 Å². The maximum Gasteiger partial charge on any atom is 0.315 e. The molecule has 2 aromatic carbocycles. The van der Waals surface area contributed by atoms with Gasteiger partial charge in [0.15, 0.2) is 11.5 Å². The van der Waals surface area contributed by atoms with Crippen molar-refractivity contribution in [3.63, 3.8) is 0 Å². The molecule has 1 heterocycles. The second-order valence-electron chi connectivity index (χ2n) is 7.48. The summed E-state index contributed by atoms with van der Waals surface area (Å²) in [6, 6.07) is 11.3. The molecule has 1 unspecified atom stereocenters. The van der Waals surface area contributed by atoms with E-state index in [4.69, 9.17) is 19.9 Å². The van der Waals surface area contributed by atoms with Crippen LogP contribution in [0, 0.1) is 5.82 Å². The number of nitrogens with two attached hydrogens (primary N) is 1. The molecule has 2 atom stereocenters. The molecular formula is C22H27FN2O4. The molecule has 2 aromatic rings. The van der Waals surface area contributed by atoms with Gasteiger partial charge in [0.2, 0.25) is 0 Å². The van der Waals surface area contributed by atoms with Crippen LogP contribution < -0.4 is 15.2 Å². The van der Waals surface area contributed by atoms with Crippen molar-refractivity contribution >= 4 is 6.03 Å². The number of urea groups is 1. The number of hydrogen-bond donors (Lipinski definition) is 1. The number of primary amides is 1. The van der Waals surface area contributed by atoms with Gasteiger partial charge in [0.25, 0.3) is 0 Å². The fourth-order valence-corrected chi connectivity index (χ4v) is 4.04. The highest BCUT2D eigenvalue weighted by atomic mass is 19.1. The first-order valence-electron chi connectivity index (χ1n) is 9.51. The van der Waals surface area contributed by atoms with E-state index in [0.29, 0.717) is 23.7 Å². The normalized spacial score (nSPS) is 21.2. The van der Waals surface area contributed by atoms with Gasteiger partial charge in [-0.3, -0.25) is 0 Å². The Morgan fingerprint density at radius 3 is 2.66 bits per heavy atom. The highest BCUT2D eigenvalue weighted by molar-refractivity contribution is 5.74. The Balaban J connectivity index is 1.83. The van der Waals surface area contributed by atoms with Crippen LogP contribution in [-0.4, -0.2) is 37.3 Å². The van der Waals surface area contributed by atoms with E-state index in [0.717, 1.165) is 18.4 Å². The fraction of sp³-hybridized carbons (Fsp3) is 0.409. The van der Waals surface area contributed by atoms with Gasteiger partial charge in [0.05, 0.1) is 25.3 Å². The van der Waals surface area contributed by atoms with E-state index in [9.17, 15) is 9.18 Å². The van der Waals surface area contributed by atoms with Gasteiger partial charge in [-0.2, -0.15) is 0 Å². The molecule has 156 valence electrons. The van der Waals surface area contributed by atoms with E-state index < -0.39 is 11.6 Å². The lowest BCUT2D eigenvalue weighted by molar-refractivity contribution is 0.0571. The predicted molar refractivity (Wildman–Crippen MR) is 107 cm³/mol. The smallest absolute Gasteiger partial charge is 0.315 e. The van der Waals surface area contributed by atoms with E-state index in [1.807, 2.05) is 19.1 Å². The number of carbonyl (C=O) groups is 1. The fourth-order valence-electron chi connectivity index (χ4n) is 4.04. The quantitative estimate of drug-likeness (QED) is 0.759. The monoisotopic (exact) mass is 402 g/mol. The Morgan fingerprint density at radius 2 is 2.00 bits per heavy atom. The highest BCUT2D eigenvalue weighted by Gasteiger charge is 2.45. The third-order valence-corrected chi connectivity index (χ3v) is 5.46. The van der Waals surface area contributed by atoms with E-state index in [1.54, 1.807) is 43.4 Å². The number of likely N-dealkylation sites (tertiary alicyclic amines) is 1. The molecule has 2 N–H and O–H groups in total. The van der Waals surface area contributed by atoms with Crippen LogP contribution in [0.1, 0.15) is 36.9 Å². The average molecular weight is 402 g/mol. The van der Waals surface area contributed by atoms with Gasteiger partial charge in [-0.1, -0.05) is 24.3 Å². The Kier molecular flexibility index (Phi) is 6.27. The molecule has 7 heteroatoms. The Bertz CT molecular complexity index is 876.